The molecular weight excluding hydrogens is 148 g/mol. The van der Waals surface area contributed by atoms with E-state index in [9.17, 15) is 0 Å². The lowest BCUT2D eigenvalue weighted by Crippen LogP contribution is -2.01. The third-order valence-corrected chi connectivity index (χ3v) is 2.12. The summed E-state index contributed by atoms with van der Waals surface area (Å²) >= 11 is 0. The maximum atomic E-state index is 8.68. The molecule has 1 aromatic carbocycles. The molecule has 2 heteroatoms. The summed E-state index contributed by atoms with van der Waals surface area (Å²) in [5.41, 5.74) is 9.61. The Labute approximate surface area is 72.6 Å². The molecule has 0 aliphatic rings. The van der Waals surface area contributed by atoms with Crippen LogP contribution in [0.3, 0.4) is 0 Å². The van der Waals surface area contributed by atoms with Gasteiger partial charge in [-0.15, -0.1) is 0 Å². The zero-order chi connectivity index (χ0) is 9.14. The molecular formula is C10H12N2. The van der Waals surface area contributed by atoms with Gasteiger partial charge >= 0.3 is 0 Å². The summed E-state index contributed by atoms with van der Waals surface area (Å²) in [5, 5.41) is 8.68. The summed E-state index contributed by atoms with van der Waals surface area (Å²) in [6, 6.07) is 5.85. The van der Waals surface area contributed by atoms with Gasteiger partial charge in [0.1, 0.15) is 0 Å². The van der Waals surface area contributed by atoms with Crippen LogP contribution in [0.2, 0.25) is 0 Å². The van der Waals surface area contributed by atoms with Crippen molar-refractivity contribution in [1.29, 1.82) is 5.26 Å². The van der Waals surface area contributed by atoms with Crippen molar-refractivity contribution < 1.29 is 0 Å². The van der Waals surface area contributed by atoms with Gasteiger partial charge in [0.05, 0.1) is 11.6 Å². The van der Waals surface area contributed by atoms with E-state index in [0.717, 1.165) is 11.1 Å². The van der Waals surface area contributed by atoms with Gasteiger partial charge in [0.2, 0.25) is 0 Å². The minimum atomic E-state index is 0.502. The lowest BCUT2D eigenvalue weighted by molar-refractivity contribution is 1.04. The number of nitriles is 1. The summed E-state index contributed by atoms with van der Waals surface area (Å²) in [7, 11) is 0. The Kier molecular flexibility index (Phi) is 2.47. The zero-order valence-corrected chi connectivity index (χ0v) is 7.39. The molecule has 0 heterocycles. The number of hydrogen-bond donors (Lipinski definition) is 1. The topological polar surface area (TPSA) is 49.8 Å². The lowest BCUT2D eigenvalue weighted by atomic mass is 10.0. The quantitative estimate of drug-likeness (QED) is 0.678. The van der Waals surface area contributed by atoms with Crippen molar-refractivity contribution in [2.24, 2.45) is 5.73 Å². The first-order chi connectivity index (χ1) is 5.69. The molecule has 0 atom stereocenters. The average Bonchev–Trinajstić information content (AvgIpc) is 2.09. The van der Waals surface area contributed by atoms with E-state index in [4.69, 9.17) is 11.0 Å². The summed E-state index contributed by atoms with van der Waals surface area (Å²) in [4.78, 5) is 0. The van der Waals surface area contributed by atoms with E-state index in [1.165, 1.54) is 5.56 Å². The van der Waals surface area contributed by atoms with Crippen LogP contribution in [0.25, 0.3) is 0 Å². The van der Waals surface area contributed by atoms with E-state index in [2.05, 4.69) is 6.07 Å². The number of nitrogens with zero attached hydrogens (tertiary/aromatic N) is 1. The molecule has 0 spiro atoms. The van der Waals surface area contributed by atoms with Gasteiger partial charge in [-0.3, -0.25) is 0 Å². The summed E-state index contributed by atoms with van der Waals surface area (Å²) in [6.45, 7) is 4.52. The first kappa shape index (κ1) is 8.76. The molecule has 2 nitrogen and oxygen atoms in total. The Hall–Kier alpha value is -1.33. The molecule has 0 aromatic heterocycles. The zero-order valence-electron chi connectivity index (χ0n) is 7.39. The lowest BCUT2D eigenvalue weighted by Gasteiger charge is -2.06. The van der Waals surface area contributed by atoms with Crippen LogP contribution < -0.4 is 5.73 Å². The molecule has 1 aromatic rings. The smallest absolute Gasteiger partial charge is 0.0991 e. The molecule has 0 bridgehead atoms. The Morgan fingerprint density at radius 2 is 2.08 bits per heavy atom. The fourth-order valence-corrected chi connectivity index (χ4v) is 1.21. The molecule has 0 amide bonds. The van der Waals surface area contributed by atoms with Gasteiger partial charge in [-0.2, -0.15) is 5.26 Å². The van der Waals surface area contributed by atoms with Crippen molar-refractivity contribution in [3.8, 4) is 6.07 Å². The highest BCUT2D eigenvalue weighted by molar-refractivity contribution is 5.42. The van der Waals surface area contributed by atoms with Gasteiger partial charge in [-0.25, -0.2) is 0 Å². The van der Waals surface area contributed by atoms with Crippen LogP contribution in [0.5, 0.6) is 0 Å². The second-order valence-electron chi connectivity index (χ2n) is 2.89. The maximum Gasteiger partial charge on any atom is 0.0991 e. The Balaban J connectivity index is 3.31. The molecule has 62 valence electrons. The second-order valence-corrected chi connectivity index (χ2v) is 2.89. The van der Waals surface area contributed by atoms with Gasteiger partial charge in [-0.05, 0) is 42.7 Å². The molecule has 0 aliphatic carbocycles. The van der Waals surface area contributed by atoms with Crippen LogP contribution in [-0.2, 0) is 6.54 Å². The number of benzene rings is 1. The van der Waals surface area contributed by atoms with E-state index >= 15 is 0 Å². The third-order valence-electron chi connectivity index (χ3n) is 2.12. The van der Waals surface area contributed by atoms with Crippen LogP contribution in [0.4, 0.5) is 0 Å². The molecule has 0 saturated heterocycles. The van der Waals surface area contributed by atoms with Crippen molar-refractivity contribution >= 4 is 0 Å². The largest absolute Gasteiger partial charge is 0.326 e. The summed E-state index contributed by atoms with van der Waals surface area (Å²) in [5.74, 6) is 0. The standard InChI is InChI=1S/C10H12N2/c1-7-3-9(5-11)4-10(6-12)8(7)2/h3-4H,6,12H2,1-2H3. The van der Waals surface area contributed by atoms with E-state index in [0.29, 0.717) is 12.1 Å². The van der Waals surface area contributed by atoms with Gasteiger partial charge in [0.15, 0.2) is 0 Å². The van der Waals surface area contributed by atoms with Gasteiger partial charge in [-0.1, -0.05) is 0 Å². The summed E-state index contributed by atoms with van der Waals surface area (Å²) in [6.07, 6.45) is 0. The fraction of sp³-hybridized carbons (Fsp3) is 0.300. The molecule has 0 aliphatic heterocycles. The third kappa shape index (κ3) is 1.46. The van der Waals surface area contributed by atoms with Crippen molar-refractivity contribution in [3.05, 3.63) is 34.4 Å². The van der Waals surface area contributed by atoms with Crippen molar-refractivity contribution in [3.63, 3.8) is 0 Å². The Bertz CT molecular complexity index is 334. The second kappa shape index (κ2) is 3.38. The monoisotopic (exact) mass is 160 g/mol. The molecule has 2 N–H and O–H groups in total. The Morgan fingerprint density at radius 3 is 2.58 bits per heavy atom. The van der Waals surface area contributed by atoms with E-state index in [1.807, 2.05) is 26.0 Å². The van der Waals surface area contributed by atoms with Gasteiger partial charge < -0.3 is 5.73 Å². The first-order valence-electron chi connectivity index (χ1n) is 3.89. The van der Waals surface area contributed by atoms with Crippen molar-refractivity contribution in [2.75, 3.05) is 0 Å². The van der Waals surface area contributed by atoms with Crippen LogP contribution in [0.1, 0.15) is 22.3 Å². The minimum absolute atomic E-state index is 0.502. The van der Waals surface area contributed by atoms with E-state index in [-0.39, 0.29) is 0 Å². The van der Waals surface area contributed by atoms with E-state index < -0.39 is 0 Å². The normalized spacial score (nSPS) is 9.50. The van der Waals surface area contributed by atoms with Crippen molar-refractivity contribution in [2.45, 2.75) is 20.4 Å². The number of nitrogens with two attached hydrogens (primary N) is 1. The number of rotatable bonds is 1. The summed E-state index contributed by atoms with van der Waals surface area (Å²) < 4.78 is 0. The minimum Gasteiger partial charge on any atom is -0.326 e. The maximum absolute atomic E-state index is 8.68. The van der Waals surface area contributed by atoms with Crippen LogP contribution in [-0.4, -0.2) is 0 Å². The highest BCUT2D eigenvalue weighted by Gasteiger charge is 2.01. The molecule has 0 fully saturated rings. The van der Waals surface area contributed by atoms with Crippen molar-refractivity contribution in [1.82, 2.24) is 0 Å². The average molecular weight is 160 g/mol. The number of hydrogen-bond acceptors (Lipinski definition) is 2. The molecule has 0 unspecified atom stereocenters. The molecule has 0 radical (unpaired) electrons. The predicted molar refractivity (Wildman–Crippen MR) is 48.5 cm³/mol. The van der Waals surface area contributed by atoms with Crippen LogP contribution >= 0.6 is 0 Å². The van der Waals surface area contributed by atoms with Gasteiger partial charge in [0, 0.05) is 6.54 Å². The van der Waals surface area contributed by atoms with Crippen LogP contribution in [0, 0.1) is 25.2 Å². The molecule has 1 rings (SSSR count). The Morgan fingerprint density at radius 1 is 1.42 bits per heavy atom. The highest BCUT2D eigenvalue weighted by Crippen LogP contribution is 2.14. The molecule has 12 heavy (non-hydrogen) atoms. The molecule has 0 saturated carbocycles. The highest BCUT2D eigenvalue weighted by atomic mass is 14.5. The number of aryl methyl sites for hydroxylation is 1. The predicted octanol–water partition coefficient (Wildman–Crippen LogP) is 1.63. The SMILES string of the molecule is Cc1cc(C#N)cc(CN)c1C. The fourth-order valence-electron chi connectivity index (χ4n) is 1.21. The van der Waals surface area contributed by atoms with E-state index in [1.54, 1.807) is 0 Å². The first-order valence-corrected chi connectivity index (χ1v) is 3.89. The van der Waals surface area contributed by atoms with Gasteiger partial charge in [0.25, 0.3) is 0 Å². The van der Waals surface area contributed by atoms with Crippen LogP contribution in [0.15, 0.2) is 12.1 Å².